The van der Waals surface area contributed by atoms with Crippen LogP contribution in [0.15, 0.2) is 41.3 Å². The van der Waals surface area contributed by atoms with Crippen LogP contribution in [0.4, 0.5) is 5.69 Å². The van der Waals surface area contributed by atoms with Crippen molar-refractivity contribution in [3.8, 4) is 0 Å². The lowest BCUT2D eigenvalue weighted by atomic mass is 10.1. The molecule has 0 saturated heterocycles. The second-order valence-electron chi connectivity index (χ2n) is 4.49. The van der Waals surface area contributed by atoms with Crippen LogP contribution in [0.5, 0.6) is 0 Å². The van der Waals surface area contributed by atoms with Crippen molar-refractivity contribution < 1.29 is 8.42 Å². The largest absolute Gasteiger partial charge is 0.326 e. The van der Waals surface area contributed by atoms with Crippen LogP contribution < -0.4 is 10.5 Å². The number of hydrogen-bond acceptors (Lipinski definition) is 3. The molecule has 3 N–H and O–H groups in total. The Bertz CT molecular complexity index is 756. The summed E-state index contributed by atoms with van der Waals surface area (Å²) in [6.45, 7) is 2.14. The van der Waals surface area contributed by atoms with Gasteiger partial charge in [-0.1, -0.05) is 35.3 Å². The van der Waals surface area contributed by atoms with E-state index in [1.54, 1.807) is 30.3 Å². The Morgan fingerprint density at radius 2 is 1.76 bits per heavy atom. The van der Waals surface area contributed by atoms with Crippen molar-refractivity contribution in [2.45, 2.75) is 18.4 Å². The van der Waals surface area contributed by atoms with E-state index in [1.165, 1.54) is 6.07 Å². The van der Waals surface area contributed by atoms with Crippen molar-refractivity contribution in [2.75, 3.05) is 4.72 Å². The highest BCUT2D eigenvalue weighted by Crippen LogP contribution is 2.32. The van der Waals surface area contributed by atoms with Crippen LogP contribution in [0.2, 0.25) is 10.0 Å². The lowest BCUT2D eigenvalue weighted by Crippen LogP contribution is -2.14. The first-order valence-corrected chi connectivity index (χ1v) is 8.35. The molecule has 0 aliphatic rings. The fraction of sp³-hybridized carbons (Fsp3) is 0.143. The first-order valence-electron chi connectivity index (χ1n) is 6.11. The Balaban J connectivity index is 2.44. The third kappa shape index (κ3) is 3.49. The maximum absolute atomic E-state index is 12.4. The highest BCUT2D eigenvalue weighted by Gasteiger charge is 2.18. The smallest absolute Gasteiger partial charge is 0.261 e. The maximum Gasteiger partial charge on any atom is 0.261 e. The molecule has 0 aliphatic carbocycles. The van der Waals surface area contributed by atoms with E-state index in [0.29, 0.717) is 0 Å². The van der Waals surface area contributed by atoms with Crippen LogP contribution >= 0.6 is 23.2 Å². The van der Waals surface area contributed by atoms with Crippen LogP contribution in [-0.4, -0.2) is 8.42 Å². The van der Waals surface area contributed by atoms with E-state index in [0.717, 1.165) is 11.1 Å². The molecule has 0 aromatic heterocycles. The molecule has 0 amide bonds. The van der Waals surface area contributed by atoms with Gasteiger partial charge in [-0.25, -0.2) is 8.42 Å². The fourth-order valence-corrected chi connectivity index (χ4v) is 3.58. The molecule has 0 unspecified atom stereocenters. The molecule has 7 heteroatoms. The van der Waals surface area contributed by atoms with E-state index in [2.05, 4.69) is 4.72 Å². The van der Waals surface area contributed by atoms with Gasteiger partial charge in [0.2, 0.25) is 0 Å². The SMILES string of the molecule is Cc1ccc(S(=O)(=O)Nc2c(Cl)cccc2Cl)cc1CN. The number of anilines is 1. The van der Waals surface area contributed by atoms with Crippen molar-refractivity contribution in [3.05, 3.63) is 57.6 Å². The number of aryl methyl sites for hydroxylation is 1. The number of para-hydroxylation sites is 1. The maximum atomic E-state index is 12.4. The molecule has 0 saturated carbocycles. The average Bonchev–Trinajstić information content (AvgIpc) is 2.43. The minimum absolute atomic E-state index is 0.115. The number of nitrogens with two attached hydrogens (primary N) is 1. The molecule has 0 spiro atoms. The third-order valence-corrected chi connectivity index (χ3v) is 5.03. The Hall–Kier alpha value is -1.27. The second-order valence-corrected chi connectivity index (χ2v) is 6.99. The van der Waals surface area contributed by atoms with Gasteiger partial charge in [0.15, 0.2) is 0 Å². The first kappa shape index (κ1) is 16.1. The van der Waals surface area contributed by atoms with Crippen molar-refractivity contribution in [2.24, 2.45) is 5.73 Å². The summed E-state index contributed by atoms with van der Waals surface area (Å²) in [5.74, 6) is 0. The molecule has 0 aliphatic heterocycles. The van der Waals surface area contributed by atoms with Crippen LogP contribution in [-0.2, 0) is 16.6 Å². The van der Waals surface area contributed by atoms with Gasteiger partial charge in [0.1, 0.15) is 0 Å². The number of rotatable bonds is 4. The van der Waals surface area contributed by atoms with Crippen LogP contribution in [0.25, 0.3) is 0 Å². The van der Waals surface area contributed by atoms with Gasteiger partial charge in [-0.15, -0.1) is 0 Å². The van der Waals surface area contributed by atoms with Gasteiger partial charge < -0.3 is 5.73 Å². The molecule has 0 bridgehead atoms. The fourth-order valence-electron chi connectivity index (χ4n) is 1.82. The van der Waals surface area contributed by atoms with Crippen molar-refractivity contribution in [3.63, 3.8) is 0 Å². The molecule has 2 aromatic rings. The van der Waals surface area contributed by atoms with E-state index in [1.807, 2.05) is 6.92 Å². The van der Waals surface area contributed by atoms with Crippen LogP contribution in [0.1, 0.15) is 11.1 Å². The van der Waals surface area contributed by atoms with Gasteiger partial charge in [0, 0.05) is 6.54 Å². The Labute approximate surface area is 133 Å². The van der Waals surface area contributed by atoms with Crippen molar-refractivity contribution in [1.82, 2.24) is 0 Å². The summed E-state index contributed by atoms with van der Waals surface area (Å²) in [6.07, 6.45) is 0. The summed E-state index contributed by atoms with van der Waals surface area (Å²) in [7, 11) is -3.78. The van der Waals surface area contributed by atoms with Gasteiger partial charge in [0.05, 0.1) is 20.6 Å². The van der Waals surface area contributed by atoms with E-state index < -0.39 is 10.0 Å². The molecule has 2 rings (SSSR count). The van der Waals surface area contributed by atoms with Gasteiger partial charge >= 0.3 is 0 Å². The highest BCUT2D eigenvalue weighted by atomic mass is 35.5. The third-order valence-electron chi connectivity index (χ3n) is 3.05. The van der Waals surface area contributed by atoms with Crippen molar-refractivity contribution >= 4 is 38.9 Å². The summed E-state index contributed by atoms with van der Waals surface area (Å²) in [5, 5.41) is 0.467. The molecule has 21 heavy (non-hydrogen) atoms. The summed E-state index contributed by atoms with van der Waals surface area (Å²) in [6, 6.07) is 9.54. The predicted octanol–water partition coefficient (Wildman–Crippen LogP) is 3.56. The molecular weight excluding hydrogens is 331 g/mol. The predicted molar refractivity (Wildman–Crippen MR) is 86.3 cm³/mol. The first-order chi connectivity index (χ1) is 9.85. The van der Waals surface area contributed by atoms with E-state index in [-0.39, 0.29) is 27.2 Å². The number of nitrogens with one attached hydrogen (secondary N) is 1. The Morgan fingerprint density at radius 1 is 1.14 bits per heavy atom. The molecule has 2 aromatic carbocycles. The van der Waals surface area contributed by atoms with Gasteiger partial charge in [-0.05, 0) is 42.3 Å². The molecular formula is C14H14Cl2N2O2S. The van der Waals surface area contributed by atoms with Gasteiger partial charge in [-0.2, -0.15) is 0 Å². The molecule has 0 atom stereocenters. The number of sulfonamides is 1. The summed E-state index contributed by atoms with van der Waals surface area (Å²) in [5.41, 5.74) is 7.47. The molecule has 4 nitrogen and oxygen atoms in total. The lowest BCUT2D eigenvalue weighted by Gasteiger charge is -2.12. The van der Waals surface area contributed by atoms with Crippen molar-refractivity contribution in [1.29, 1.82) is 0 Å². The molecule has 112 valence electrons. The normalized spacial score (nSPS) is 11.4. The van der Waals surface area contributed by atoms with Gasteiger partial charge in [0.25, 0.3) is 10.0 Å². The Kier molecular flexibility index (Phi) is 4.78. The molecule has 0 heterocycles. The highest BCUT2D eigenvalue weighted by molar-refractivity contribution is 7.92. The second kappa shape index (κ2) is 6.23. The lowest BCUT2D eigenvalue weighted by molar-refractivity contribution is 0.601. The standard InChI is InChI=1S/C14H14Cl2N2O2S/c1-9-5-6-11(7-10(9)8-17)21(19,20)18-14-12(15)3-2-4-13(14)16/h2-7,18H,8,17H2,1H3. The zero-order valence-corrected chi connectivity index (χ0v) is 13.6. The molecule has 0 radical (unpaired) electrons. The van der Waals surface area contributed by atoms with E-state index >= 15 is 0 Å². The summed E-state index contributed by atoms with van der Waals surface area (Å²) < 4.78 is 27.2. The van der Waals surface area contributed by atoms with Crippen LogP contribution in [0.3, 0.4) is 0 Å². The topological polar surface area (TPSA) is 72.2 Å². The van der Waals surface area contributed by atoms with Gasteiger partial charge in [-0.3, -0.25) is 4.72 Å². The number of benzene rings is 2. The summed E-state index contributed by atoms with van der Waals surface area (Å²) >= 11 is 12.0. The minimum Gasteiger partial charge on any atom is -0.326 e. The zero-order chi connectivity index (χ0) is 15.6. The quantitative estimate of drug-likeness (QED) is 0.890. The summed E-state index contributed by atoms with van der Waals surface area (Å²) in [4.78, 5) is 0.115. The minimum atomic E-state index is -3.78. The number of hydrogen-bond donors (Lipinski definition) is 2. The number of halogens is 2. The molecule has 0 fully saturated rings. The van der Waals surface area contributed by atoms with Crippen LogP contribution in [0, 0.1) is 6.92 Å². The van der Waals surface area contributed by atoms with E-state index in [9.17, 15) is 8.42 Å². The monoisotopic (exact) mass is 344 g/mol. The zero-order valence-electron chi connectivity index (χ0n) is 11.2. The van der Waals surface area contributed by atoms with E-state index in [4.69, 9.17) is 28.9 Å². The Morgan fingerprint density at radius 3 is 2.33 bits per heavy atom. The average molecular weight is 345 g/mol.